The Morgan fingerprint density at radius 3 is 2.58 bits per heavy atom. The van der Waals surface area contributed by atoms with Gasteiger partial charge in [-0.3, -0.25) is 0 Å². The highest BCUT2D eigenvalue weighted by Crippen LogP contribution is 2.39. The smallest absolute Gasteiger partial charge is 0.340 e. The van der Waals surface area contributed by atoms with E-state index < -0.39 is 17.7 Å². The van der Waals surface area contributed by atoms with Gasteiger partial charge in [0.2, 0.25) is 0 Å². The topological polar surface area (TPSA) is 91.1 Å². The van der Waals surface area contributed by atoms with E-state index >= 15 is 0 Å². The van der Waals surface area contributed by atoms with Gasteiger partial charge in [0.1, 0.15) is 16.5 Å². The Bertz CT molecular complexity index is 1750. The van der Waals surface area contributed by atoms with Crippen LogP contribution >= 0.6 is 11.3 Å². The number of esters is 1. The second-order valence-electron chi connectivity index (χ2n) is 13.6. The fourth-order valence-electron chi connectivity index (χ4n) is 6.10. The van der Waals surface area contributed by atoms with E-state index in [9.17, 15) is 4.79 Å². The van der Waals surface area contributed by atoms with Crippen LogP contribution in [0.15, 0.2) is 61.8 Å². The predicted octanol–water partition coefficient (Wildman–Crippen LogP) is 7.85. The van der Waals surface area contributed by atoms with Gasteiger partial charge in [-0.05, 0) is 78.4 Å². The normalized spacial score (nSPS) is 15.4. The lowest BCUT2D eigenvalue weighted by Gasteiger charge is -2.41. The number of thiazole rings is 1. The minimum atomic E-state index is -0.983. The average Bonchev–Trinajstić information content (AvgIpc) is 3.68. The molecule has 1 aromatic carbocycles. The Balaban J connectivity index is 1.55. The van der Waals surface area contributed by atoms with Gasteiger partial charge in [0.15, 0.2) is 11.8 Å². The number of aromatic nitrogens is 4. The highest BCUT2D eigenvalue weighted by Gasteiger charge is 2.38. The number of hydrogen-bond donors (Lipinski definition) is 0. The van der Waals surface area contributed by atoms with Crippen LogP contribution < -0.4 is 4.90 Å². The summed E-state index contributed by atoms with van der Waals surface area (Å²) in [5, 5.41) is 5.92. The van der Waals surface area contributed by atoms with Crippen molar-refractivity contribution in [3.05, 3.63) is 89.1 Å². The Labute approximate surface area is 288 Å². The molecule has 0 N–H and O–H groups in total. The average molecular weight is 672 g/mol. The third-order valence-corrected chi connectivity index (χ3v) is 9.51. The van der Waals surface area contributed by atoms with Crippen LogP contribution in [0, 0.1) is 6.92 Å². The van der Waals surface area contributed by atoms with E-state index in [0.717, 1.165) is 53.5 Å². The largest absolute Gasteiger partial charge is 0.464 e. The lowest BCUT2D eigenvalue weighted by molar-refractivity contribution is -0.166. The van der Waals surface area contributed by atoms with Gasteiger partial charge in [-0.2, -0.15) is 9.61 Å². The van der Waals surface area contributed by atoms with Gasteiger partial charge in [-0.15, -0.1) is 24.5 Å². The first-order valence-corrected chi connectivity index (χ1v) is 17.6. The van der Waals surface area contributed by atoms with Crippen LogP contribution in [0.5, 0.6) is 0 Å². The predicted molar refractivity (Wildman–Crippen MR) is 193 cm³/mol. The highest BCUT2D eigenvalue weighted by molar-refractivity contribution is 7.15. The number of nitrogens with zero attached hydrogens (tertiary/aromatic N) is 5. The first-order chi connectivity index (χ1) is 22.9. The van der Waals surface area contributed by atoms with E-state index in [4.69, 9.17) is 29.3 Å². The summed E-state index contributed by atoms with van der Waals surface area (Å²) in [6.07, 6.45) is 9.04. The number of ether oxygens (including phenoxy) is 3. The molecule has 0 saturated carbocycles. The standard InChI is InChI=1S/C38H49N5O4S/c1-9-12-14-27-15-13-16-28(22-27)23-29-25-39-34(48-29)30-24-31-40-26(4)32(33(36(44)45-11-3)47-37(5,6)7)35(43(31)41-30)42-19-17-38(8,18-20-42)46-21-10-2/h9-10,13,15-16,22,24-25,33H,1-2,11-12,14,17-21,23H2,3-8H3. The lowest BCUT2D eigenvalue weighted by atomic mass is 9.92. The molecular weight excluding hydrogens is 623 g/mol. The van der Waals surface area contributed by atoms with Gasteiger partial charge >= 0.3 is 5.97 Å². The van der Waals surface area contributed by atoms with Crippen LogP contribution in [0.3, 0.4) is 0 Å². The summed E-state index contributed by atoms with van der Waals surface area (Å²) >= 11 is 1.63. The van der Waals surface area contributed by atoms with Crippen molar-refractivity contribution in [3.8, 4) is 10.7 Å². The first-order valence-electron chi connectivity index (χ1n) is 16.8. The van der Waals surface area contributed by atoms with Crippen LogP contribution in [0.4, 0.5) is 5.82 Å². The van der Waals surface area contributed by atoms with Crippen LogP contribution in [-0.2, 0) is 31.8 Å². The lowest BCUT2D eigenvalue weighted by Crippen LogP contribution is -2.45. The molecule has 10 heteroatoms. The van der Waals surface area contributed by atoms with Crippen LogP contribution in [-0.4, -0.2) is 63.1 Å². The van der Waals surface area contributed by atoms with Crippen LogP contribution in [0.2, 0.25) is 0 Å². The molecule has 256 valence electrons. The zero-order valence-corrected chi connectivity index (χ0v) is 30.1. The SMILES string of the molecule is C=CCCc1cccc(Cc2cnc(-c3cc4nc(C)c(C(OC(C)(C)C)C(=O)OCC)c(N5CCC(C)(OCC=C)CC5)n4n3)s2)c1. The minimum Gasteiger partial charge on any atom is -0.464 e. The summed E-state index contributed by atoms with van der Waals surface area (Å²) in [6.45, 7) is 21.5. The first kappa shape index (κ1) is 35.4. The van der Waals surface area contributed by atoms with E-state index in [1.807, 2.05) is 50.5 Å². The Morgan fingerprint density at radius 1 is 1.15 bits per heavy atom. The number of aryl methyl sites for hydroxylation is 2. The van der Waals surface area contributed by atoms with E-state index in [2.05, 4.69) is 49.2 Å². The third-order valence-electron chi connectivity index (χ3n) is 8.49. The molecule has 1 saturated heterocycles. The number of carbonyl (C=O) groups is 1. The number of benzene rings is 1. The Morgan fingerprint density at radius 2 is 1.90 bits per heavy atom. The maximum Gasteiger partial charge on any atom is 0.340 e. The van der Waals surface area contributed by atoms with Crippen LogP contribution in [0.25, 0.3) is 16.3 Å². The van der Waals surface area contributed by atoms with Crippen molar-refractivity contribution in [2.75, 3.05) is 31.2 Å². The monoisotopic (exact) mass is 671 g/mol. The summed E-state index contributed by atoms with van der Waals surface area (Å²) < 4.78 is 20.0. The minimum absolute atomic E-state index is 0.243. The molecule has 3 aromatic heterocycles. The molecule has 1 atom stereocenters. The molecule has 0 aliphatic carbocycles. The molecule has 0 amide bonds. The number of allylic oxidation sites excluding steroid dienone is 1. The Kier molecular flexibility index (Phi) is 11.2. The van der Waals surface area contributed by atoms with Gasteiger partial charge in [0, 0.05) is 42.3 Å². The van der Waals surface area contributed by atoms with Crippen molar-refractivity contribution in [2.45, 2.75) is 91.0 Å². The molecule has 4 heterocycles. The van der Waals surface area contributed by atoms with Crippen molar-refractivity contribution in [3.63, 3.8) is 0 Å². The number of anilines is 1. The van der Waals surface area contributed by atoms with Crippen molar-refractivity contribution < 1.29 is 19.0 Å². The van der Waals surface area contributed by atoms with Gasteiger partial charge in [-0.25, -0.2) is 14.8 Å². The fourth-order valence-corrected chi connectivity index (χ4v) is 7.00. The highest BCUT2D eigenvalue weighted by atomic mass is 32.1. The second-order valence-corrected chi connectivity index (χ2v) is 14.7. The zero-order chi connectivity index (χ0) is 34.5. The Hall–Kier alpha value is -3.86. The van der Waals surface area contributed by atoms with Crippen molar-refractivity contribution in [1.82, 2.24) is 19.6 Å². The van der Waals surface area contributed by atoms with Gasteiger partial charge in [-0.1, -0.05) is 36.4 Å². The van der Waals surface area contributed by atoms with E-state index in [1.165, 1.54) is 11.1 Å². The summed E-state index contributed by atoms with van der Waals surface area (Å²) in [4.78, 5) is 26.7. The molecule has 0 radical (unpaired) electrons. The molecule has 1 aliphatic heterocycles. The van der Waals surface area contributed by atoms with Gasteiger partial charge < -0.3 is 19.1 Å². The third kappa shape index (κ3) is 8.40. The molecule has 1 unspecified atom stereocenters. The van der Waals surface area contributed by atoms with E-state index in [0.29, 0.717) is 36.6 Å². The fraction of sp³-hybridized carbons (Fsp3) is 0.474. The zero-order valence-electron chi connectivity index (χ0n) is 29.3. The van der Waals surface area contributed by atoms with Gasteiger partial charge in [0.25, 0.3) is 0 Å². The summed E-state index contributed by atoms with van der Waals surface area (Å²) in [5.41, 5.74) is 4.45. The summed E-state index contributed by atoms with van der Waals surface area (Å²) in [7, 11) is 0. The molecule has 0 spiro atoms. The van der Waals surface area contributed by atoms with E-state index in [-0.39, 0.29) is 12.2 Å². The summed E-state index contributed by atoms with van der Waals surface area (Å²) in [6, 6.07) is 10.7. The number of carbonyl (C=O) groups excluding carboxylic acids is 1. The molecule has 4 aromatic rings. The molecule has 1 fully saturated rings. The van der Waals surface area contributed by atoms with Gasteiger partial charge in [0.05, 0.1) is 30.0 Å². The quantitative estimate of drug-likeness (QED) is 0.0989. The maximum absolute atomic E-state index is 13.6. The molecule has 1 aliphatic rings. The van der Waals surface area contributed by atoms with Crippen LogP contribution in [0.1, 0.15) is 87.2 Å². The molecule has 48 heavy (non-hydrogen) atoms. The molecule has 0 bridgehead atoms. The number of piperidine rings is 1. The van der Waals surface area contributed by atoms with Crippen molar-refractivity contribution >= 4 is 28.8 Å². The number of rotatable bonds is 14. The maximum atomic E-state index is 13.6. The second kappa shape index (κ2) is 15.1. The van der Waals surface area contributed by atoms with Crippen molar-refractivity contribution in [2.24, 2.45) is 0 Å². The number of hydrogen-bond acceptors (Lipinski definition) is 9. The molecule has 9 nitrogen and oxygen atoms in total. The molecule has 5 rings (SSSR count). The number of fused-ring (bicyclic) bond motifs is 1. The van der Waals surface area contributed by atoms with E-state index in [1.54, 1.807) is 24.3 Å². The molecular formula is C38H49N5O4S. The summed E-state index contributed by atoms with van der Waals surface area (Å²) in [5.74, 6) is 0.338. The van der Waals surface area contributed by atoms with Crippen molar-refractivity contribution in [1.29, 1.82) is 0 Å².